The Morgan fingerprint density at radius 1 is 1.29 bits per heavy atom. The van der Waals surface area contributed by atoms with Gasteiger partial charge in [-0.25, -0.2) is 0 Å². The smallest absolute Gasteiger partial charge is 0.101 e. The largest absolute Gasteiger partial charge is 0.377 e. The van der Waals surface area contributed by atoms with Crippen LogP contribution in [0, 0.1) is 11.3 Å². The van der Waals surface area contributed by atoms with Gasteiger partial charge in [0.05, 0.1) is 21.6 Å². The second kappa shape index (κ2) is 5.22. The summed E-state index contributed by atoms with van der Waals surface area (Å²) in [4.78, 5) is 1.16. The molecule has 0 aliphatic heterocycles. The van der Waals surface area contributed by atoms with Gasteiger partial charge in [-0.1, -0.05) is 23.7 Å². The molecular formula is C13H11ClN2S. The minimum atomic E-state index is 0.141. The number of rotatable bonds is 3. The molecule has 17 heavy (non-hydrogen) atoms. The second-order valence-corrected chi connectivity index (χ2v) is 5.41. The Balaban J connectivity index is 2.19. The summed E-state index contributed by atoms with van der Waals surface area (Å²) in [6.07, 6.45) is 0. The normalized spacial score (nSPS) is 11.8. The van der Waals surface area contributed by atoms with Crippen molar-refractivity contribution in [2.75, 3.05) is 5.32 Å². The summed E-state index contributed by atoms with van der Waals surface area (Å²) >= 11 is 7.45. The maximum absolute atomic E-state index is 9.00. The van der Waals surface area contributed by atoms with Crippen molar-refractivity contribution in [3.63, 3.8) is 0 Å². The first-order valence-corrected chi connectivity index (χ1v) is 6.41. The molecule has 1 heterocycles. The monoisotopic (exact) mass is 262 g/mol. The zero-order valence-corrected chi connectivity index (χ0v) is 10.8. The van der Waals surface area contributed by atoms with E-state index in [-0.39, 0.29) is 6.04 Å². The molecule has 0 bridgehead atoms. The van der Waals surface area contributed by atoms with Crippen molar-refractivity contribution in [3.05, 3.63) is 51.2 Å². The Kier molecular flexibility index (Phi) is 3.68. The van der Waals surface area contributed by atoms with E-state index in [2.05, 4.69) is 18.3 Å². The molecule has 1 aromatic carbocycles. The number of hydrogen-bond donors (Lipinski definition) is 1. The number of halogens is 1. The van der Waals surface area contributed by atoms with Crippen LogP contribution in [0.15, 0.2) is 36.4 Å². The highest BCUT2D eigenvalue weighted by Gasteiger charge is 2.09. The molecule has 1 N–H and O–H groups in total. The average molecular weight is 263 g/mol. The predicted molar refractivity (Wildman–Crippen MR) is 72.5 cm³/mol. The van der Waals surface area contributed by atoms with Gasteiger partial charge in [-0.05, 0) is 31.2 Å². The highest BCUT2D eigenvalue weighted by molar-refractivity contribution is 7.16. The summed E-state index contributed by atoms with van der Waals surface area (Å²) in [5.41, 5.74) is 1.51. The molecule has 0 spiro atoms. The Labute approximate surface area is 109 Å². The Bertz CT molecular complexity index is 557. The maximum Gasteiger partial charge on any atom is 0.101 e. The van der Waals surface area contributed by atoms with E-state index in [4.69, 9.17) is 16.9 Å². The van der Waals surface area contributed by atoms with E-state index in [1.165, 1.54) is 0 Å². The molecule has 0 saturated carbocycles. The molecule has 1 aromatic heterocycles. The fraction of sp³-hybridized carbons (Fsp3) is 0.154. The number of thiophene rings is 1. The molecule has 2 nitrogen and oxygen atoms in total. The molecule has 0 aliphatic rings. The van der Waals surface area contributed by atoms with Gasteiger partial charge in [-0.2, -0.15) is 5.26 Å². The number of para-hydroxylation sites is 1. The van der Waals surface area contributed by atoms with Gasteiger partial charge in [0.1, 0.15) is 6.07 Å². The molecule has 0 saturated heterocycles. The number of nitrogens with zero attached hydrogens (tertiary/aromatic N) is 1. The maximum atomic E-state index is 9.00. The van der Waals surface area contributed by atoms with Crippen molar-refractivity contribution < 1.29 is 0 Å². The summed E-state index contributed by atoms with van der Waals surface area (Å²) in [5.74, 6) is 0. The lowest BCUT2D eigenvalue weighted by Gasteiger charge is -2.14. The fourth-order valence-corrected chi connectivity index (χ4v) is 2.64. The van der Waals surface area contributed by atoms with Crippen molar-refractivity contribution in [2.45, 2.75) is 13.0 Å². The van der Waals surface area contributed by atoms with Crippen molar-refractivity contribution in [1.29, 1.82) is 5.26 Å². The first kappa shape index (κ1) is 12.0. The topological polar surface area (TPSA) is 35.8 Å². The summed E-state index contributed by atoms with van der Waals surface area (Å²) in [5, 5.41) is 12.3. The number of hydrogen-bond acceptors (Lipinski definition) is 3. The van der Waals surface area contributed by atoms with Crippen LogP contribution in [0.25, 0.3) is 0 Å². The summed E-state index contributed by atoms with van der Waals surface area (Å²) < 4.78 is 0.780. The van der Waals surface area contributed by atoms with Gasteiger partial charge in [0.2, 0.25) is 0 Å². The minimum Gasteiger partial charge on any atom is -0.377 e. The van der Waals surface area contributed by atoms with Gasteiger partial charge in [-0.15, -0.1) is 11.3 Å². The minimum absolute atomic E-state index is 0.141. The standard InChI is InChI=1S/C13H11ClN2S/c1-9(12-6-7-13(14)17-12)16-11-5-3-2-4-10(11)8-15/h2-7,9,16H,1H3. The highest BCUT2D eigenvalue weighted by Crippen LogP contribution is 2.29. The van der Waals surface area contributed by atoms with E-state index in [0.29, 0.717) is 5.56 Å². The molecule has 86 valence electrons. The Morgan fingerprint density at radius 3 is 2.71 bits per heavy atom. The van der Waals surface area contributed by atoms with E-state index in [0.717, 1.165) is 14.9 Å². The molecule has 2 aromatic rings. The summed E-state index contributed by atoms with van der Waals surface area (Å²) in [6, 6.07) is 13.7. The molecule has 2 rings (SSSR count). The van der Waals surface area contributed by atoms with Crippen molar-refractivity contribution in [3.8, 4) is 6.07 Å². The number of benzene rings is 1. The van der Waals surface area contributed by atoms with E-state index >= 15 is 0 Å². The first-order chi connectivity index (χ1) is 8.20. The highest BCUT2D eigenvalue weighted by atomic mass is 35.5. The lowest BCUT2D eigenvalue weighted by Crippen LogP contribution is -2.05. The van der Waals surface area contributed by atoms with Crippen LogP contribution < -0.4 is 5.32 Å². The third kappa shape index (κ3) is 2.79. The fourth-order valence-electron chi connectivity index (χ4n) is 1.57. The zero-order chi connectivity index (χ0) is 12.3. The van der Waals surface area contributed by atoms with E-state index < -0.39 is 0 Å². The Hall–Kier alpha value is -1.50. The van der Waals surface area contributed by atoms with Crippen LogP contribution in [0.5, 0.6) is 0 Å². The summed E-state index contributed by atoms with van der Waals surface area (Å²) in [6.45, 7) is 2.05. The molecule has 0 amide bonds. The van der Waals surface area contributed by atoms with Gasteiger partial charge < -0.3 is 5.32 Å². The second-order valence-electron chi connectivity index (χ2n) is 3.67. The lowest BCUT2D eigenvalue weighted by molar-refractivity contribution is 0.907. The summed E-state index contributed by atoms with van der Waals surface area (Å²) in [7, 11) is 0. The molecule has 0 fully saturated rings. The lowest BCUT2D eigenvalue weighted by atomic mass is 10.1. The van der Waals surface area contributed by atoms with Crippen LogP contribution in [0.2, 0.25) is 4.34 Å². The molecular weight excluding hydrogens is 252 g/mol. The van der Waals surface area contributed by atoms with E-state index in [9.17, 15) is 0 Å². The number of nitrogens with one attached hydrogen (secondary N) is 1. The SMILES string of the molecule is CC(Nc1ccccc1C#N)c1ccc(Cl)s1. The average Bonchev–Trinajstić information content (AvgIpc) is 2.77. The molecule has 1 atom stereocenters. The number of anilines is 1. The quantitative estimate of drug-likeness (QED) is 0.887. The molecule has 0 radical (unpaired) electrons. The molecule has 0 aliphatic carbocycles. The van der Waals surface area contributed by atoms with Crippen molar-refractivity contribution in [1.82, 2.24) is 0 Å². The molecule has 1 unspecified atom stereocenters. The van der Waals surface area contributed by atoms with Crippen LogP contribution in [0.1, 0.15) is 23.4 Å². The Morgan fingerprint density at radius 2 is 2.06 bits per heavy atom. The molecule has 4 heteroatoms. The van der Waals surface area contributed by atoms with Crippen LogP contribution in [0.4, 0.5) is 5.69 Å². The van der Waals surface area contributed by atoms with Gasteiger partial charge in [0.25, 0.3) is 0 Å². The van der Waals surface area contributed by atoms with Gasteiger partial charge in [0, 0.05) is 4.88 Å². The van der Waals surface area contributed by atoms with E-state index in [1.807, 2.05) is 30.3 Å². The van der Waals surface area contributed by atoms with Crippen LogP contribution in [-0.4, -0.2) is 0 Å². The third-order valence-electron chi connectivity index (χ3n) is 2.44. The van der Waals surface area contributed by atoms with Crippen molar-refractivity contribution in [2.24, 2.45) is 0 Å². The van der Waals surface area contributed by atoms with Crippen LogP contribution >= 0.6 is 22.9 Å². The number of nitriles is 1. The zero-order valence-electron chi connectivity index (χ0n) is 9.27. The predicted octanol–water partition coefficient (Wildman–Crippen LogP) is 4.45. The first-order valence-electron chi connectivity index (χ1n) is 5.21. The van der Waals surface area contributed by atoms with E-state index in [1.54, 1.807) is 17.4 Å². The van der Waals surface area contributed by atoms with Gasteiger partial charge >= 0.3 is 0 Å². The van der Waals surface area contributed by atoms with Gasteiger partial charge in [-0.3, -0.25) is 0 Å². The van der Waals surface area contributed by atoms with Crippen molar-refractivity contribution >= 4 is 28.6 Å². The third-order valence-corrected chi connectivity index (χ3v) is 3.85. The van der Waals surface area contributed by atoms with Crippen LogP contribution in [-0.2, 0) is 0 Å². The van der Waals surface area contributed by atoms with Gasteiger partial charge in [0.15, 0.2) is 0 Å². The van der Waals surface area contributed by atoms with Crippen LogP contribution in [0.3, 0.4) is 0 Å².